The summed E-state index contributed by atoms with van der Waals surface area (Å²) in [5.41, 5.74) is 3.86. The van der Waals surface area contributed by atoms with Crippen molar-refractivity contribution in [1.29, 1.82) is 0 Å². The molecule has 9 nitrogen and oxygen atoms in total. The molecular formula is C26H32N2O7. The molecule has 2 aromatic carbocycles. The van der Waals surface area contributed by atoms with Crippen LogP contribution >= 0.6 is 0 Å². The number of fused-ring (bicyclic) bond motifs is 3. The third kappa shape index (κ3) is 6.80. The van der Waals surface area contributed by atoms with E-state index in [2.05, 4.69) is 10.6 Å². The second-order valence-corrected chi connectivity index (χ2v) is 9.25. The smallest absolute Gasteiger partial charge is 0.407 e. The van der Waals surface area contributed by atoms with Crippen molar-refractivity contribution in [2.75, 3.05) is 26.9 Å². The van der Waals surface area contributed by atoms with Crippen LogP contribution in [0.4, 0.5) is 4.79 Å². The van der Waals surface area contributed by atoms with Gasteiger partial charge in [0.05, 0.1) is 18.8 Å². The molecule has 2 amide bonds. The maximum Gasteiger partial charge on any atom is 0.407 e. The summed E-state index contributed by atoms with van der Waals surface area (Å²) in [5.74, 6) is -2.01. The van der Waals surface area contributed by atoms with Gasteiger partial charge in [0, 0.05) is 13.0 Å². The molecule has 3 rings (SSSR count). The lowest BCUT2D eigenvalue weighted by Crippen LogP contribution is -2.51. The van der Waals surface area contributed by atoms with Crippen molar-refractivity contribution in [2.45, 2.75) is 44.4 Å². The zero-order chi connectivity index (χ0) is 25.6. The highest BCUT2D eigenvalue weighted by Gasteiger charge is 2.30. The molecule has 2 aromatic rings. The number of carbonyl (C=O) groups excluding carboxylic acids is 2. The molecule has 1 aliphatic carbocycles. The predicted octanol–water partition coefficient (Wildman–Crippen LogP) is 2.92. The highest BCUT2D eigenvalue weighted by atomic mass is 16.5. The summed E-state index contributed by atoms with van der Waals surface area (Å²) in [5, 5.41) is 14.3. The number of carboxylic acids is 1. The van der Waals surface area contributed by atoms with Crippen LogP contribution in [0.5, 0.6) is 0 Å². The van der Waals surface area contributed by atoms with Gasteiger partial charge in [-0.3, -0.25) is 4.79 Å². The molecule has 0 spiro atoms. The number of carboxylic acid groups (broad SMARTS) is 1. The average Bonchev–Trinajstić information content (AvgIpc) is 3.13. The quantitative estimate of drug-likeness (QED) is 0.474. The summed E-state index contributed by atoms with van der Waals surface area (Å²) in [7, 11) is 1.30. The molecule has 1 aliphatic rings. The van der Waals surface area contributed by atoms with Gasteiger partial charge in [0.25, 0.3) is 5.91 Å². The van der Waals surface area contributed by atoms with E-state index in [0.717, 1.165) is 22.3 Å². The molecule has 0 radical (unpaired) electrons. The minimum atomic E-state index is -1.26. The van der Waals surface area contributed by atoms with Crippen molar-refractivity contribution in [2.24, 2.45) is 0 Å². The van der Waals surface area contributed by atoms with Gasteiger partial charge in [0.2, 0.25) is 0 Å². The Balaban J connectivity index is 1.53. The van der Waals surface area contributed by atoms with Gasteiger partial charge < -0.3 is 30.0 Å². The highest BCUT2D eigenvalue weighted by molar-refractivity contribution is 5.87. The van der Waals surface area contributed by atoms with Crippen molar-refractivity contribution in [1.82, 2.24) is 10.6 Å². The number of alkyl carbamates (subject to hydrolysis) is 1. The Morgan fingerprint density at radius 2 is 1.57 bits per heavy atom. The maximum atomic E-state index is 12.5. The van der Waals surface area contributed by atoms with Crippen LogP contribution in [0.3, 0.4) is 0 Å². The van der Waals surface area contributed by atoms with Gasteiger partial charge in [-0.25, -0.2) is 9.59 Å². The van der Waals surface area contributed by atoms with E-state index in [9.17, 15) is 19.5 Å². The Morgan fingerprint density at radius 3 is 2.09 bits per heavy atom. The molecule has 1 unspecified atom stereocenters. The minimum absolute atomic E-state index is 0.0891. The normalized spacial score (nSPS) is 14.4. The van der Waals surface area contributed by atoms with Crippen LogP contribution < -0.4 is 10.6 Å². The molecule has 3 N–H and O–H groups in total. The molecule has 188 valence electrons. The Bertz CT molecular complexity index is 1020. The minimum Gasteiger partial charge on any atom is -0.480 e. The van der Waals surface area contributed by atoms with E-state index in [-0.39, 0.29) is 25.7 Å². The molecule has 0 heterocycles. The summed E-state index contributed by atoms with van der Waals surface area (Å²) in [4.78, 5) is 36.4. The summed E-state index contributed by atoms with van der Waals surface area (Å²) in [6, 6.07) is 14.8. The number of rotatable bonds is 10. The Kier molecular flexibility index (Phi) is 8.48. The van der Waals surface area contributed by atoms with E-state index in [4.69, 9.17) is 14.2 Å². The van der Waals surface area contributed by atoms with Crippen LogP contribution in [0.25, 0.3) is 11.1 Å². The fourth-order valence-corrected chi connectivity index (χ4v) is 3.88. The first-order valence-corrected chi connectivity index (χ1v) is 11.4. The van der Waals surface area contributed by atoms with E-state index in [0.29, 0.717) is 0 Å². The lowest BCUT2D eigenvalue weighted by atomic mass is 9.98. The van der Waals surface area contributed by atoms with Crippen molar-refractivity contribution in [3.05, 3.63) is 59.7 Å². The van der Waals surface area contributed by atoms with Crippen molar-refractivity contribution < 1.29 is 33.7 Å². The second kappa shape index (κ2) is 11.3. The van der Waals surface area contributed by atoms with Crippen molar-refractivity contribution >= 4 is 18.0 Å². The number of benzene rings is 2. The molecule has 0 aromatic heterocycles. The molecular weight excluding hydrogens is 452 g/mol. The van der Waals surface area contributed by atoms with Gasteiger partial charge in [-0.2, -0.15) is 0 Å². The van der Waals surface area contributed by atoms with E-state index in [1.807, 2.05) is 48.5 Å². The molecule has 9 heteroatoms. The number of ether oxygens (including phenoxy) is 3. The third-order valence-electron chi connectivity index (χ3n) is 5.65. The molecule has 0 aliphatic heterocycles. The second-order valence-electron chi connectivity index (χ2n) is 9.25. The number of aliphatic carboxylic acids is 1. The molecule has 0 saturated heterocycles. The molecule has 35 heavy (non-hydrogen) atoms. The zero-order valence-corrected chi connectivity index (χ0v) is 20.4. The van der Waals surface area contributed by atoms with Crippen LogP contribution in [0, 0.1) is 0 Å². The fourth-order valence-electron chi connectivity index (χ4n) is 3.88. The van der Waals surface area contributed by atoms with E-state index < -0.39 is 35.7 Å². The van der Waals surface area contributed by atoms with Gasteiger partial charge in [-0.1, -0.05) is 48.5 Å². The monoisotopic (exact) mass is 484 g/mol. The van der Waals surface area contributed by atoms with Crippen molar-refractivity contribution in [3.63, 3.8) is 0 Å². The predicted molar refractivity (Wildman–Crippen MR) is 129 cm³/mol. The maximum absolute atomic E-state index is 12.5. The number of hydrogen-bond donors (Lipinski definition) is 3. The lowest BCUT2D eigenvalue weighted by Gasteiger charge is -2.24. The first-order chi connectivity index (χ1) is 16.6. The van der Waals surface area contributed by atoms with Crippen LogP contribution in [0.2, 0.25) is 0 Å². The van der Waals surface area contributed by atoms with Crippen LogP contribution in [-0.4, -0.2) is 67.7 Å². The Hall–Kier alpha value is -3.43. The van der Waals surface area contributed by atoms with Crippen LogP contribution in [0.1, 0.15) is 37.8 Å². The molecule has 0 saturated carbocycles. The Morgan fingerprint density at radius 1 is 1.00 bits per heavy atom. The molecule has 2 atom stereocenters. The SMILES string of the molecule is COC(CNC(=O)OCC1c2ccccc2-c2ccccc21)C(=O)N[C@@H](COC(C)(C)C)C(=O)O. The van der Waals surface area contributed by atoms with Crippen LogP contribution in [-0.2, 0) is 23.8 Å². The lowest BCUT2D eigenvalue weighted by molar-refractivity contribution is -0.147. The van der Waals surface area contributed by atoms with E-state index >= 15 is 0 Å². The number of amides is 2. The summed E-state index contributed by atoms with van der Waals surface area (Å²) < 4.78 is 16.1. The van der Waals surface area contributed by atoms with Gasteiger partial charge >= 0.3 is 12.1 Å². The first-order valence-electron chi connectivity index (χ1n) is 11.4. The van der Waals surface area contributed by atoms with Gasteiger partial charge in [0.1, 0.15) is 6.61 Å². The number of nitrogens with one attached hydrogen (secondary N) is 2. The summed E-state index contributed by atoms with van der Waals surface area (Å²) >= 11 is 0. The average molecular weight is 485 g/mol. The third-order valence-corrected chi connectivity index (χ3v) is 5.65. The summed E-state index contributed by atoms with van der Waals surface area (Å²) in [6.07, 6.45) is -1.81. The zero-order valence-electron chi connectivity index (χ0n) is 20.4. The van der Waals surface area contributed by atoms with Gasteiger partial charge in [-0.05, 0) is 43.0 Å². The van der Waals surface area contributed by atoms with E-state index in [1.54, 1.807) is 20.8 Å². The Labute approximate surface area is 204 Å². The number of hydrogen-bond acceptors (Lipinski definition) is 6. The largest absolute Gasteiger partial charge is 0.480 e. The van der Waals surface area contributed by atoms with E-state index in [1.165, 1.54) is 7.11 Å². The van der Waals surface area contributed by atoms with Gasteiger partial charge in [0.15, 0.2) is 12.1 Å². The van der Waals surface area contributed by atoms with Gasteiger partial charge in [-0.15, -0.1) is 0 Å². The van der Waals surface area contributed by atoms with Crippen molar-refractivity contribution in [3.8, 4) is 11.1 Å². The molecule has 0 bridgehead atoms. The number of carbonyl (C=O) groups is 3. The van der Waals surface area contributed by atoms with Crippen LogP contribution in [0.15, 0.2) is 48.5 Å². The fraction of sp³-hybridized carbons (Fsp3) is 0.423. The highest BCUT2D eigenvalue weighted by Crippen LogP contribution is 2.44. The standard InChI is InChI=1S/C26H32N2O7/c1-26(2,3)35-15-21(24(30)31)28-23(29)22(33-4)13-27-25(32)34-14-20-18-11-7-5-9-16(18)17-10-6-8-12-19(17)20/h5-12,20-22H,13-15H2,1-4H3,(H,27,32)(H,28,29)(H,30,31)/t21-,22?/m0/s1. The summed E-state index contributed by atoms with van der Waals surface area (Å²) in [6.45, 7) is 5.08. The first kappa shape index (κ1) is 26.2. The number of methoxy groups -OCH3 is 1. The molecule has 0 fully saturated rings. The topological polar surface area (TPSA) is 123 Å².